The second-order valence-electron chi connectivity index (χ2n) is 5.45. The molecule has 2 aromatic carbocycles. The van der Waals surface area contributed by atoms with Gasteiger partial charge in [0.1, 0.15) is 5.52 Å². The number of nitrogens with zero attached hydrogens (tertiary/aromatic N) is 2. The number of hydrogen-bond acceptors (Lipinski definition) is 5. The molecule has 0 aliphatic rings. The molecule has 2 heterocycles. The number of benzene rings is 2. The van der Waals surface area contributed by atoms with Crippen molar-refractivity contribution in [3.63, 3.8) is 0 Å². The second kappa shape index (κ2) is 6.26. The predicted molar refractivity (Wildman–Crippen MR) is 98.6 cm³/mol. The van der Waals surface area contributed by atoms with E-state index in [0.29, 0.717) is 16.9 Å². The quantitative estimate of drug-likeness (QED) is 0.523. The molecule has 4 nitrogen and oxygen atoms in total. The SMILES string of the molecule is Cc1ccccc1-c1nc2ccc(NCc3cnc(Cl)s3)cc2o1. The molecule has 0 spiro atoms. The van der Waals surface area contributed by atoms with Gasteiger partial charge in [-0.25, -0.2) is 9.97 Å². The van der Waals surface area contributed by atoms with Gasteiger partial charge in [0.2, 0.25) is 5.89 Å². The van der Waals surface area contributed by atoms with E-state index in [9.17, 15) is 0 Å². The lowest BCUT2D eigenvalue weighted by molar-refractivity contribution is 0.619. The van der Waals surface area contributed by atoms with Gasteiger partial charge in [-0.2, -0.15) is 0 Å². The van der Waals surface area contributed by atoms with Crippen LogP contribution in [0, 0.1) is 6.92 Å². The minimum atomic E-state index is 0.556. The Balaban J connectivity index is 1.60. The van der Waals surface area contributed by atoms with E-state index in [1.165, 1.54) is 11.3 Å². The zero-order valence-electron chi connectivity index (χ0n) is 12.9. The molecule has 0 fully saturated rings. The van der Waals surface area contributed by atoms with Crippen molar-refractivity contribution in [1.82, 2.24) is 9.97 Å². The van der Waals surface area contributed by atoms with Crippen molar-refractivity contribution >= 4 is 39.7 Å². The third-order valence-corrected chi connectivity index (χ3v) is 4.87. The molecule has 4 aromatic rings. The second-order valence-corrected chi connectivity index (χ2v) is 7.15. The number of halogens is 1. The molecule has 1 N–H and O–H groups in total. The maximum absolute atomic E-state index is 5.95. The molecule has 0 saturated heterocycles. The summed E-state index contributed by atoms with van der Waals surface area (Å²) in [5.41, 5.74) is 4.74. The first-order valence-electron chi connectivity index (χ1n) is 7.50. The lowest BCUT2D eigenvalue weighted by Crippen LogP contribution is -1.96. The lowest BCUT2D eigenvalue weighted by atomic mass is 10.1. The monoisotopic (exact) mass is 355 g/mol. The summed E-state index contributed by atoms with van der Waals surface area (Å²) in [6.07, 6.45) is 1.78. The zero-order valence-corrected chi connectivity index (χ0v) is 14.5. The lowest BCUT2D eigenvalue weighted by Gasteiger charge is -2.03. The van der Waals surface area contributed by atoms with Gasteiger partial charge in [-0.3, -0.25) is 0 Å². The number of thiazole rings is 1. The molecule has 24 heavy (non-hydrogen) atoms. The molecule has 6 heteroatoms. The average Bonchev–Trinajstić information content (AvgIpc) is 3.18. The molecule has 0 radical (unpaired) electrons. The highest BCUT2D eigenvalue weighted by Crippen LogP contribution is 2.28. The maximum atomic E-state index is 5.95. The number of aromatic nitrogens is 2. The maximum Gasteiger partial charge on any atom is 0.227 e. The molecule has 2 aromatic heterocycles. The van der Waals surface area contributed by atoms with Gasteiger partial charge >= 0.3 is 0 Å². The van der Waals surface area contributed by atoms with Crippen LogP contribution in [0.5, 0.6) is 0 Å². The van der Waals surface area contributed by atoms with Crippen LogP contribution in [0.3, 0.4) is 0 Å². The fraction of sp³-hybridized carbons (Fsp3) is 0.111. The molecule has 0 aliphatic carbocycles. The van der Waals surface area contributed by atoms with Crippen LogP contribution in [-0.2, 0) is 6.54 Å². The number of oxazole rings is 1. The third-order valence-electron chi connectivity index (χ3n) is 3.76. The van der Waals surface area contributed by atoms with Gasteiger partial charge in [0.25, 0.3) is 0 Å². The van der Waals surface area contributed by atoms with Crippen molar-refractivity contribution in [3.05, 3.63) is 63.6 Å². The molecule has 0 unspecified atom stereocenters. The summed E-state index contributed by atoms with van der Waals surface area (Å²) in [5, 5.41) is 3.35. The molecule has 0 amide bonds. The number of fused-ring (bicyclic) bond motifs is 1. The van der Waals surface area contributed by atoms with Crippen LogP contribution in [0.25, 0.3) is 22.6 Å². The summed E-state index contributed by atoms with van der Waals surface area (Å²) < 4.78 is 6.51. The van der Waals surface area contributed by atoms with Crippen LogP contribution in [0.1, 0.15) is 10.4 Å². The Morgan fingerprint density at radius 3 is 2.88 bits per heavy atom. The van der Waals surface area contributed by atoms with E-state index in [1.807, 2.05) is 36.4 Å². The molecule has 120 valence electrons. The Hall–Kier alpha value is -2.37. The number of rotatable bonds is 4. The summed E-state index contributed by atoms with van der Waals surface area (Å²) in [5.74, 6) is 0.648. The van der Waals surface area contributed by atoms with E-state index in [0.717, 1.165) is 32.8 Å². The van der Waals surface area contributed by atoms with E-state index >= 15 is 0 Å². The van der Waals surface area contributed by atoms with Gasteiger partial charge in [0.15, 0.2) is 10.0 Å². The predicted octanol–water partition coefficient (Wildman–Crippen LogP) is 5.53. The minimum Gasteiger partial charge on any atom is -0.436 e. The Kier molecular flexibility index (Phi) is 3.96. The first-order valence-corrected chi connectivity index (χ1v) is 8.69. The van der Waals surface area contributed by atoms with Crippen LogP contribution in [0.4, 0.5) is 5.69 Å². The van der Waals surface area contributed by atoms with Crippen molar-refractivity contribution in [2.24, 2.45) is 0 Å². The van der Waals surface area contributed by atoms with Crippen LogP contribution < -0.4 is 5.32 Å². The Bertz CT molecular complexity index is 1010. The van der Waals surface area contributed by atoms with Crippen LogP contribution in [0.15, 0.2) is 53.1 Å². The first-order chi connectivity index (χ1) is 11.7. The van der Waals surface area contributed by atoms with E-state index in [2.05, 4.69) is 28.3 Å². The largest absolute Gasteiger partial charge is 0.436 e. The van der Waals surface area contributed by atoms with Gasteiger partial charge in [0, 0.05) is 28.4 Å². The van der Waals surface area contributed by atoms with Gasteiger partial charge in [0.05, 0.1) is 6.54 Å². The van der Waals surface area contributed by atoms with E-state index in [1.54, 1.807) is 6.20 Å². The van der Waals surface area contributed by atoms with Crippen LogP contribution >= 0.6 is 22.9 Å². The van der Waals surface area contributed by atoms with Gasteiger partial charge < -0.3 is 9.73 Å². The van der Waals surface area contributed by atoms with Crippen LogP contribution in [0.2, 0.25) is 4.47 Å². The molecular weight excluding hydrogens is 342 g/mol. The van der Waals surface area contributed by atoms with Crippen molar-refractivity contribution in [3.8, 4) is 11.5 Å². The molecule has 4 rings (SSSR count). The van der Waals surface area contributed by atoms with Crippen molar-refractivity contribution < 1.29 is 4.42 Å². The van der Waals surface area contributed by atoms with Gasteiger partial charge in [-0.05, 0) is 30.7 Å². The van der Waals surface area contributed by atoms with E-state index < -0.39 is 0 Å². The number of nitrogens with one attached hydrogen (secondary N) is 1. The Morgan fingerprint density at radius 1 is 1.21 bits per heavy atom. The number of hydrogen-bond donors (Lipinski definition) is 1. The molecule has 0 aliphatic heterocycles. The average molecular weight is 356 g/mol. The summed E-state index contributed by atoms with van der Waals surface area (Å²) in [4.78, 5) is 9.71. The summed E-state index contributed by atoms with van der Waals surface area (Å²) in [6.45, 7) is 2.73. The number of anilines is 1. The Morgan fingerprint density at radius 2 is 2.08 bits per heavy atom. The smallest absolute Gasteiger partial charge is 0.227 e. The number of aryl methyl sites for hydroxylation is 1. The van der Waals surface area contributed by atoms with Crippen LogP contribution in [-0.4, -0.2) is 9.97 Å². The molecule has 0 saturated carbocycles. The van der Waals surface area contributed by atoms with Crippen molar-refractivity contribution in [1.29, 1.82) is 0 Å². The summed E-state index contributed by atoms with van der Waals surface area (Å²) in [6, 6.07) is 14.0. The van der Waals surface area contributed by atoms with Crippen molar-refractivity contribution in [2.75, 3.05) is 5.32 Å². The highest BCUT2D eigenvalue weighted by Gasteiger charge is 2.10. The standard InChI is InChI=1S/C18H14ClN3OS/c1-11-4-2-3-5-14(11)17-22-15-7-6-12(8-16(15)23-17)20-9-13-10-21-18(19)24-13/h2-8,10,20H,9H2,1H3. The van der Waals surface area contributed by atoms with Gasteiger partial charge in [-0.15, -0.1) is 11.3 Å². The summed E-state index contributed by atoms with van der Waals surface area (Å²) in [7, 11) is 0. The fourth-order valence-electron chi connectivity index (χ4n) is 2.52. The highest BCUT2D eigenvalue weighted by atomic mass is 35.5. The first kappa shape index (κ1) is 15.2. The zero-order chi connectivity index (χ0) is 16.5. The molecule has 0 bridgehead atoms. The minimum absolute atomic E-state index is 0.556. The normalized spacial score (nSPS) is 11.1. The molecular formula is C18H14ClN3OS. The third kappa shape index (κ3) is 3.00. The topological polar surface area (TPSA) is 51.0 Å². The van der Waals surface area contributed by atoms with Crippen molar-refractivity contribution in [2.45, 2.75) is 13.5 Å². The van der Waals surface area contributed by atoms with E-state index in [4.69, 9.17) is 16.0 Å². The highest BCUT2D eigenvalue weighted by molar-refractivity contribution is 7.15. The fourth-order valence-corrected chi connectivity index (χ4v) is 3.43. The Labute approximate surface area is 148 Å². The molecule has 0 atom stereocenters. The van der Waals surface area contributed by atoms with E-state index in [-0.39, 0.29) is 0 Å². The van der Waals surface area contributed by atoms with Gasteiger partial charge in [-0.1, -0.05) is 29.8 Å². The summed E-state index contributed by atoms with van der Waals surface area (Å²) >= 11 is 7.32.